The van der Waals surface area contributed by atoms with Crippen molar-refractivity contribution in [1.82, 2.24) is 9.62 Å². The summed E-state index contributed by atoms with van der Waals surface area (Å²) in [5.74, 6) is -0.309. The number of hydrogen-bond donors (Lipinski definition) is 2. The smallest absolute Gasteiger partial charge is 0.407 e. The van der Waals surface area contributed by atoms with Crippen molar-refractivity contribution < 1.29 is 23.1 Å². The first-order valence-corrected chi connectivity index (χ1v) is 14.4. The minimum atomic E-state index is -3.93. The molecule has 2 N–H and O–H groups in total. The molecular formula is C28H30ClN3O5S. The van der Waals surface area contributed by atoms with Crippen molar-refractivity contribution in [3.63, 3.8) is 0 Å². The molecule has 2 heterocycles. The summed E-state index contributed by atoms with van der Waals surface area (Å²) in [6.07, 6.45) is -0.0528. The maximum Gasteiger partial charge on any atom is 0.407 e. The van der Waals surface area contributed by atoms with Gasteiger partial charge in [-0.05, 0) is 76.6 Å². The van der Waals surface area contributed by atoms with E-state index in [2.05, 4.69) is 4.72 Å². The number of rotatable bonds is 4. The van der Waals surface area contributed by atoms with E-state index in [1.165, 1.54) is 11.0 Å². The number of nitrogens with one attached hydrogen (secondary N) is 1. The van der Waals surface area contributed by atoms with Crippen LogP contribution in [0, 0.1) is 5.41 Å². The van der Waals surface area contributed by atoms with Gasteiger partial charge in [0, 0.05) is 23.8 Å². The molecule has 8 nitrogen and oxygen atoms in total. The second-order valence-electron chi connectivity index (χ2n) is 11.0. The number of amides is 2. The molecule has 1 unspecified atom stereocenters. The third kappa shape index (κ3) is 4.86. The van der Waals surface area contributed by atoms with Gasteiger partial charge in [0.15, 0.2) is 0 Å². The predicted octanol–water partition coefficient (Wildman–Crippen LogP) is 5.20. The predicted molar refractivity (Wildman–Crippen MR) is 147 cm³/mol. The molecule has 0 radical (unpaired) electrons. The molecule has 2 atom stereocenters. The fourth-order valence-corrected chi connectivity index (χ4v) is 7.02. The zero-order valence-corrected chi connectivity index (χ0v) is 23.0. The summed E-state index contributed by atoms with van der Waals surface area (Å²) in [6, 6.07) is 14.5. The molecule has 3 aromatic rings. The number of carbonyl (C=O) groups is 2. The van der Waals surface area contributed by atoms with Gasteiger partial charge in [0.2, 0.25) is 15.9 Å². The first kappa shape index (κ1) is 26.5. The lowest BCUT2D eigenvalue weighted by Crippen LogP contribution is -2.45. The van der Waals surface area contributed by atoms with Crippen LogP contribution in [0.15, 0.2) is 59.5 Å². The van der Waals surface area contributed by atoms with Crippen LogP contribution in [0.3, 0.4) is 0 Å². The number of sulfonamides is 1. The largest absolute Gasteiger partial charge is 0.465 e. The Labute approximate surface area is 227 Å². The molecule has 2 aliphatic rings. The van der Waals surface area contributed by atoms with E-state index < -0.39 is 22.2 Å². The van der Waals surface area contributed by atoms with Crippen LogP contribution < -0.4 is 9.62 Å². The van der Waals surface area contributed by atoms with Crippen LogP contribution in [-0.2, 0) is 21.2 Å². The Balaban J connectivity index is 1.36. The lowest BCUT2D eigenvalue weighted by Gasteiger charge is -2.43. The molecule has 0 aliphatic carbocycles. The second kappa shape index (κ2) is 9.55. The molecule has 2 amide bonds. The van der Waals surface area contributed by atoms with E-state index in [0.29, 0.717) is 36.6 Å². The number of halogens is 1. The number of fused-ring (bicyclic) bond motifs is 2. The molecule has 1 fully saturated rings. The molecule has 5 rings (SSSR count). The molecule has 0 aromatic heterocycles. The Morgan fingerprint density at radius 2 is 1.74 bits per heavy atom. The van der Waals surface area contributed by atoms with Crippen molar-refractivity contribution in [3.8, 4) is 0 Å². The molecule has 38 heavy (non-hydrogen) atoms. The number of carbonyl (C=O) groups excluding carboxylic acids is 1. The summed E-state index contributed by atoms with van der Waals surface area (Å²) >= 11 is 6.03. The Hall–Kier alpha value is -3.14. The van der Waals surface area contributed by atoms with Crippen LogP contribution in [-0.4, -0.2) is 49.6 Å². The monoisotopic (exact) mass is 555 g/mol. The molecule has 10 heteroatoms. The highest BCUT2D eigenvalue weighted by Gasteiger charge is 2.40. The van der Waals surface area contributed by atoms with Crippen molar-refractivity contribution in [2.24, 2.45) is 5.41 Å². The number of benzene rings is 3. The van der Waals surface area contributed by atoms with Gasteiger partial charge >= 0.3 is 6.09 Å². The Kier molecular flexibility index (Phi) is 6.65. The standard InChI is InChI=1S/C28H30ClN3O5S/c1-28(2,3)25-23-9-7-21(15-19(23)10-12-32(25)27(34)35)31-13-11-24(26(31)33)30-38(36,37)22-8-5-17-14-20(29)6-4-18(17)16-22/h4-9,14-16,24-25,30H,10-13H2,1-3H3,(H,34,35)/t24-,25?/m1/s1. The van der Waals surface area contributed by atoms with Crippen molar-refractivity contribution in [1.29, 1.82) is 0 Å². The summed E-state index contributed by atoms with van der Waals surface area (Å²) in [6.45, 7) is 6.80. The molecule has 0 spiro atoms. The molecule has 1 saturated heterocycles. The van der Waals surface area contributed by atoms with Crippen molar-refractivity contribution in [2.45, 2.75) is 50.6 Å². The maximum atomic E-state index is 13.3. The average molecular weight is 556 g/mol. The summed E-state index contributed by atoms with van der Waals surface area (Å²) < 4.78 is 28.9. The van der Waals surface area contributed by atoms with Gasteiger partial charge in [0.05, 0.1) is 10.9 Å². The molecule has 200 valence electrons. The summed E-state index contributed by atoms with van der Waals surface area (Å²) in [4.78, 5) is 28.3. The molecule has 0 saturated carbocycles. The Bertz CT molecular complexity index is 1550. The highest BCUT2D eigenvalue weighted by molar-refractivity contribution is 7.89. The van der Waals surface area contributed by atoms with Gasteiger partial charge < -0.3 is 14.9 Å². The Morgan fingerprint density at radius 1 is 1.03 bits per heavy atom. The van der Waals surface area contributed by atoms with Gasteiger partial charge in [-0.3, -0.25) is 4.79 Å². The summed E-state index contributed by atoms with van der Waals surface area (Å²) in [7, 11) is -3.93. The van der Waals surface area contributed by atoms with Crippen molar-refractivity contribution in [2.75, 3.05) is 18.0 Å². The summed E-state index contributed by atoms with van der Waals surface area (Å²) in [5.41, 5.74) is 2.33. The van der Waals surface area contributed by atoms with E-state index in [1.807, 2.05) is 39.0 Å². The first-order valence-electron chi connectivity index (χ1n) is 12.5. The zero-order valence-electron chi connectivity index (χ0n) is 21.4. The lowest BCUT2D eigenvalue weighted by molar-refractivity contribution is -0.118. The first-order chi connectivity index (χ1) is 17.8. The zero-order chi connectivity index (χ0) is 27.4. The number of nitrogens with zero attached hydrogens (tertiary/aromatic N) is 2. The van der Waals surface area contributed by atoms with Crippen LogP contribution in [0.2, 0.25) is 5.02 Å². The van der Waals surface area contributed by atoms with Crippen LogP contribution in [0.4, 0.5) is 10.5 Å². The van der Waals surface area contributed by atoms with E-state index in [4.69, 9.17) is 11.6 Å². The van der Waals surface area contributed by atoms with Gasteiger partial charge in [0.25, 0.3) is 0 Å². The van der Waals surface area contributed by atoms with Gasteiger partial charge in [-0.15, -0.1) is 0 Å². The number of anilines is 1. The van der Waals surface area contributed by atoms with Gasteiger partial charge in [-0.2, -0.15) is 4.72 Å². The molecule has 3 aromatic carbocycles. The number of carboxylic acid groups (broad SMARTS) is 1. The van der Waals surface area contributed by atoms with Gasteiger partial charge in [-0.1, -0.05) is 50.6 Å². The maximum absolute atomic E-state index is 13.3. The SMILES string of the molecule is CC(C)(C)C1c2ccc(N3CC[C@@H](NS(=O)(=O)c4ccc5cc(Cl)ccc5c4)C3=O)cc2CCN1C(=O)O. The van der Waals surface area contributed by atoms with Crippen LogP contribution >= 0.6 is 11.6 Å². The highest BCUT2D eigenvalue weighted by atomic mass is 35.5. The van der Waals surface area contributed by atoms with Gasteiger partial charge in [0.1, 0.15) is 6.04 Å². The number of hydrogen-bond acceptors (Lipinski definition) is 4. The summed E-state index contributed by atoms with van der Waals surface area (Å²) in [5, 5.41) is 11.9. The highest BCUT2D eigenvalue weighted by Crippen LogP contribution is 2.43. The van der Waals surface area contributed by atoms with E-state index >= 15 is 0 Å². The van der Waals surface area contributed by atoms with Crippen molar-refractivity contribution in [3.05, 3.63) is 70.7 Å². The third-order valence-electron chi connectivity index (χ3n) is 7.32. The minimum absolute atomic E-state index is 0.0866. The fraction of sp³-hybridized carbons (Fsp3) is 0.357. The molecule has 2 aliphatic heterocycles. The average Bonchev–Trinajstić information content (AvgIpc) is 3.20. The Morgan fingerprint density at radius 3 is 2.45 bits per heavy atom. The van der Waals surface area contributed by atoms with Gasteiger partial charge in [-0.25, -0.2) is 13.2 Å². The van der Waals surface area contributed by atoms with Crippen LogP contribution in [0.25, 0.3) is 10.8 Å². The third-order valence-corrected chi connectivity index (χ3v) is 9.02. The van der Waals surface area contributed by atoms with E-state index in [0.717, 1.165) is 21.9 Å². The topological polar surface area (TPSA) is 107 Å². The van der Waals surface area contributed by atoms with E-state index in [1.54, 1.807) is 35.2 Å². The molecule has 0 bridgehead atoms. The van der Waals surface area contributed by atoms with E-state index in [-0.39, 0.29) is 22.3 Å². The van der Waals surface area contributed by atoms with Crippen molar-refractivity contribution >= 4 is 50.1 Å². The quantitative estimate of drug-likeness (QED) is 0.460. The van der Waals surface area contributed by atoms with E-state index in [9.17, 15) is 23.1 Å². The normalized spacial score (nSPS) is 20.2. The minimum Gasteiger partial charge on any atom is -0.465 e. The van der Waals surface area contributed by atoms with Crippen LogP contribution in [0.1, 0.15) is 44.4 Å². The molecular weight excluding hydrogens is 526 g/mol. The fourth-order valence-electron chi connectivity index (χ4n) is 5.58. The lowest BCUT2D eigenvalue weighted by atomic mass is 9.77. The van der Waals surface area contributed by atoms with Crippen LogP contribution in [0.5, 0.6) is 0 Å². The second-order valence-corrected chi connectivity index (χ2v) is 13.1.